The summed E-state index contributed by atoms with van der Waals surface area (Å²) in [6.45, 7) is 1.41. The Bertz CT molecular complexity index is 210. The molecule has 0 spiro atoms. The lowest BCUT2D eigenvalue weighted by Crippen LogP contribution is -2.58. The largest absolute Gasteiger partial charge is 0.389 e. The standard InChI is InChI=1S/C10H18N2OS/c13-9-6-12(7-9)10(14)11-8-4-2-1-3-5-8/h8-9,13H,1-7H2,(H,11,14). The fourth-order valence-electron chi connectivity index (χ4n) is 2.13. The van der Waals surface area contributed by atoms with Crippen LogP contribution in [0, 0.1) is 0 Å². The summed E-state index contributed by atoms with van der Waals surface area (Å²) in [7, 11) is 0. The summed E-state index contributed by atoms with van der Waals surface area (Å²) in [6.07, 6.45) is 6.34. The van der Waals surface area contributed by atoms with Crippen molar-refractivity contribution in [1.82, 2.24) is 10.2 Å². The Morgan fingerprint density at radius 3 is 2.43 bits per heavy atom. The van der Waals surface area contributed by atoms with Crippen LogP contribution in [0.1, 0.15) is 32.1 Å². The van der Waals surface area contributed by atoms with Gasteiger partial charge < -0.3 is 15.3 Å². The van der Waals surface area contributed by atoms with E-state index in [4.69, 9.17) is 17.3 Å². The zero-order valence-corrected chi connectivity index (χ0v) is 9.22. The molecule has 1 heterocycles. The van der Waals surface area contributed by atoms with Gasteiger partial charge in [-0.25, -0.2) is 0 Å². The van der Waals surface area contributed by atoms with Gasteiger partial charge in [-0.2, -0.15) is 0 Å². The third-order valence-corrected chi connectivity index (χ3v) is 3.46. The maximum absolute atomic E-state index is 9.14. The van der Waals surface area contributed by atoms with E-state index in [1.165, 1.54) is 32.1 Å². The molecular weight excluding hydrogens is 196 g/mol. The first-order chi connectivity index (χ1) is 6.75. The molecule has 1 saturated heterocycles. The molecule has 2 fully saturated rings. The minimum Gasteiger partial charge on any atom is -0.389 e. The lowest BCUT2D eigenvalue weighted by Gasteiger charge is -2.39. The van der Waals surface area contributed by atoms with Gasteiger partial charge in [0.1, 0.15) is 0 Å². The Balaban J connectivity index is 1.71. The van der Waals surface area contributed by atoms with Crippen LogP contribution in [0.2, 0.25) is 0 Å². The number of likely N-dealkylation sites (tertiary alicyclic amines) is 1. The number of aliphatic hydroxyl groups excluding tert-OH is 1. The van der Waals surface area contributed by atoms with Crippen LogP contribution in [0.25, 0.3) is 0 Å². The second kappa shape index (κ2) is 4.45. The van der Waals surface area contributed by atoms with Gasteiger partial charge in [0.25, 0.3) is 0 Å². The number of aliphatic hydroxyl groups is 1. The molecule has 0 atom stereocenters. The normalized spacial score (nSPS) is 24.5. The summed E-state index contributed by atoms with van der Waals surface area (Å²) in [6, 6.07) is 0.578. The van der Waals surface area contributed by atoms with Gasteiger partial charge in [-0.3, -0.25) is 0 Å². The monoisotopic (exact) mass is 214 g/mol. The second-order valence-corrected chi connectivity index (χ2v) is 4.73. The van der Waals surface area contributed by atoms with Crippen LogP contribution in [0.15, 0.2) is 0 Å². The first kappa shape index (κ1) is 10.2. The number of β-amino-alcohol motifs (C(OH)–C–C–N with tert-alkyl or cyclic N) is 1. The van der Waals surface area contributed by atoms with Crippen LogP contribution in [0.4, 0.5) is 0 Å². The van der Waals surface area contributed by atoms with Gasteiger partial charge in [0.05, 0.1) is 6.10 Å². The minimum atomic E-state index is -0.166. The van der Waals surface area contributed by atoms with Gasteiger partial charge in [-0.1, -0.05) is 19.3 Å². The molecule has 80 valence electrons. The third kappa shape index (κ3) is 2.36. The molecule has 0 unspecified atom stereocenters. The smallest absolute Gasteiger partial charge is 0.169 e. The highest BCUT2D eigenvalue weighted by Crippen LogP contribution is 2.18. The fraction of sp³-hybridized carbons (Fsp3) is 0.900. The van der Waals surface area contributed by atoms with Crippen molar-refractivity contribution in [2.24, 2.45) is 0 Å². The van der Waals surface area contributed by atoms with Gasteiger partial charge >= 0.3 is 0 Å². The average Bonchev–Trinajstić information content (AvgIpc) is 2.14. The van der Waals surface area contributed by atoms with Crippen LogP contribution >= 0.6 is 12.2 Å². The Kier molecular flexibility index (Phi) is 3.23. The minimum absolute atomic E-state index is 0.166. The second-order valence-electron chi connectivity index (χ2n) is 4.34. The van der Waals surface area contributed by atoms with Gasteiger partial charge in [-0.05, 0) is 25.1 Å². The fourth-order valence-corrected chi connectivity index (χ4v) is 2.45. The van der Waals surface area contributed by atoms with Crippen molar-refractivity contribution in [2.45, 2.75) is 44.2 Å². The maximum Gasteiger partial charge on any atom is 0.169 e. The summed E-state index contributed by atoms with van der Waals surface area (Å²) in [4.78, 5) is 2.04. The van der Waals surface area contributed by atoms with E-state index in [0.29, 0.717) is 19.1 Å². The van der Waals surface area contributed by atoms with Crippen molar-refractivity contribution in [3.63, 3.8) is 0 Å². The Morgan fingerprint density at radius 2 is 1.86 bits per heavy atom. The molecule has 1 aliphatic heterocycles. The summed E-state index contributed by atoms with van der Waals surface area (Å²) in [5.74, 6) is 0. The first-order valence-corrected chi connectivity index (χ1v) is 5.90. The van der Waals surface area contributed by atoms with Crippen LogP contribution in [-0.2, 0) is 0 Å². The number of hydrogen-bond acceptors (Lipinski definition) is 2. The summed E-state index contributed by atoms with van der Waals surface area (Å²) >= 11 is 5.26. The molecule has 1 aliphatic carbocycles. The van der Waals surface area contributed by atoms with Crippen molar-refractivity contribution in [2.75, 3.05) is 13.1 Å². The van der Waals surface area contributed by atoms with Gasteiger partial charge in [0, 0.05) is 19.1 Å². The van der Waals surface area contributed by atoms with Crippen LogP contribution in [0.3, 0.4) is 0 Å². The molecule has 2 N–H and O–H groups in total. The Hall–Kier alpha value is -0.350. The van der Waals surface area contributed by atoms with E-state index in [9.17, 15) is 0 Å². The van der Waals surface area contributed by atoms with Crippen molar-refractivity contribution in [3.05, 3.63) is 0 Å². The highest BCUT2D eigenvalue weighted by atomic mass is 32.1. The van der Waals surface area contributed by atoms with Crippen LogP contribution in [-0.4, -0.2) is 40.4 Å². The molecule has 0 bridgehead atoms. The molecule has 2 aliphatic rings. The summed E-state index contributed by atoms with van der Waals surface area (Å²) in [5.41, 5.74) is 0. The van der Waals surface area contributed by atoms with Crippen molar-refractivity contribution in [3.8, 4) is 0 Å². The van der Waals surface area contributed by atoms with E-state index in [1.54, 1.807) is 0 Å². The third-order valence-electron chi connectivity index (χ3n) is 3.08. The zero-order valence-electron chi connectivity index (χ0n) is 8.41. The maximum atomic E-state index is 9.14. The predicted octanol–water partition coefficient (Wildman–Crippen LogP) is 0.870. The number of nitrogens with zero attached hydrogens (tertiary/aromatic N) is 1. The van der Waals surface area contributed by atoms with Gasteiger partial charge in [0.15, 0.2) is 5.11 Å². The number of nitrogens with one attached hydrogen (secondary N) is 1. The molecular formula is C10H18N2OS. The molecule has 14 heavy (non-hydrogen) atoms. The van der Waals surface area contributed by atoms with E-state index in [2.05, 4.69) is 5.32 Å². The molecule has 2 rings (SSSR count). The van der Waals surface area contributed by atoms with E-state index < -0.39 is 0 Å². The lowest BCUT2D eigenvalue weighted by atomic mass is 9.96. The molecule has 0 aromatic heterocycles. The Morgan fingerprint density at radius 1 is 1.21 bits per heavy atom. The molecule has 0 amide bonds. The van der Waals surface area contributed by atoms with E-state index in [-0.39, 0.29) is 6.10 Å². The van der Waals surface area contributed by atoms with Crippen molar-refractivity contribution >= 4 is 17.3 Å². The highest BCUT2D eigenvalue weighted by Gasteiger charge is 2.27. The van der Waals surface area contributed by atoms with E-state index in [1.807, 2.05) is 4.90 Å². The SMILES string of the molecule is OC1CN(C(=S)NC2CCCCC2)C1. The number of rotatable bonds is 1. The topological polar surface area (TPSA) is 35.5 Å². The van der Waals surface area contributed by atoms with Crippen LogP contribution in [0.5, 0.6) is 0 Å². The predicted molar refractivity (Wildman–Crippen MR) is 60.2 cm³/mol. The Labute approximate surface area is 90.5 Å². The van der Waals surface area contributed by atoms with Gasteiger partial charge in [-0.15, -0.1) is 0 Å². The van der Waals surface area contributed by atoms with E-state index >= 15 is 0 Å². The van der Waals surface area contributed by atoms with Crippen LogP contribution < -0.4 is 5.32 Å². The molecule has 0 aromatic carbocycles. The van der Waals surface area contributed by atoms with Crippen molar-refractivity contribution < 1.29 is 5.11 Å². The lowest BCUT2D eigenvalue weighted by molar-refractivity contribution is 0.0455. The molecule has 1 saturated carbocycles. The zero-order chi connectivity index (χ0) is 9.97. The molecule has 3 nitrogen and oxygen atoms in total. The number of hydrogen-bond donors (Lipinski definition) is 2. The van der Waals surface area contributed by atoms with E-state index in [0.717, 1.165) is 5.11 Å². The average molecular weight is 214 g/mol. The van der Waals surface area contributed by atoms with Gasteiger partial charge in [0.2, 0.25) is 0 Å². The van der Waals surface area contributed by atoms with Crippen molar-refractivity contribution in [1.29, 1.82) is 0 Å². The first-order valence-electron chi connectivity index (χ1n) is 5.49. The molecule has 4 heteroatoms. The number of thiocarbonyl (C=S) groups is 1. The molecule has 0 radical (unpaired) electrons. The quantitative estimate of drug-likeness (QED) is 0.635. The summed E-state index contributed by atoms with van der Waals surface area (Å²) in [5, 5.41) is 13.4. The molecule has 0 aromatic rings. The highest BCUT2D eigenvalue weighted by molar-refractivity contribution is 7.80. The summed E-state index contributed by atoms with van der Waals surface area (Å²) < 4.78 is 0.